The number of hydrogen-bond acceptors (Lipinski definition) is 1. The van der Waals surface area contributed by atoms with Crippen molar-refractivity contribution in [3.05, 3.63) is 11.8 Å². The fraction of sp³-hybridized carbons (Fsp3) is 0.800. The fourth-order valence-corrected chi connectivity index (χ4v) is 1.89. The van der Waals surface area contributed by atoms with Gasteiger partial charge in [-0.1, -0.05) is 57.9 Å². The average Bonchev–Trinajstić information content (AvgIpc) is 2.31. The van der Waals surface area contributed by atoms with E-state index in [-0.39, 0.29) is 0 Å². The third-order valence-corrected chi connectivity index (χ3v) is 2.91. The quantitative estimate of drug-likeness (QED) is 0.342. The van der Waals surface area contributed by atoms with Crippen molar-refractivity contribution in [1.82, 2.24) is 0 Å². The Hall–Kier alpha value is -0.590. The highest BCUT2D eigenvalue weighted by molar-refractivity contribution is 5.55. The Morgan fingerprint density at radius 2 is 1.44 bits per heavy atom. The van der Waals surface area contributed by atoms with Crippen molar-refractivity contribution in [1.29, 1.82) is 0 Å². The maximum Gasteiger partial charge on any atom is 0.0356 e. The molecule has 0 aromatic rings. The van der Waals surface area contributed by atoms with E-state index in [1.54, 1.807) is 0 Å². The van der Waals surface area contributed by atoms with Crippen molar-refractivity contribution in [2.24, 2.45) is 4.99 Å². The number of hydrogen-bond donors (Lipinski definition) is 0. The molecule has 0 aliphatic carbocycles. The molecule has 0 amide bonds. The highest BCUT2D eigenvalue weighted by atomic mass is 14.7. The molecule has 0 bridgehead atoms. The molecule has 0 heterocycles. The van der Waals surface area contributed by atoms with Crippen molar-refractivity contribution in [3.63, 3.8) is 0 Å². The Balaban J connectivity index is 3.26. The van der Waals surface area contributed by atoms with Gasteiger partial charge in [0.25, 0.3) is 0 Å². The van der Waals surface area contributed by atoms with Gasteiger partial charge in [-0.3, -0.25) is 4.99 Å². The Kier molecular flexibility index (Phi) is 12.0. The van der Waals surface area contributed by atoms with Gasteiger partial charge < -0.3 is 0 Å². The molecule has 0 N–H and O–H groups in total. The number of rotatable bonds is 10. The summed E-state index contributed by atoms with van der Waals surface area (Å²) in [6.07, 6.45) is 16.3. The molecule has 0 saturated carbocycles. The maximum absolute atomic E-state index is 4.34. The monoisotopic (exact) mass is 223 g/mol. The molecule has 0 aliphatic rings. The molecule has 0 unspecified atom stereocenters. The Bertz CT molecular complexity index is 192. The summed E-state index contributed by atoms with van der Waals surface area (Å²) in [5, 5.41) is 0. The van der Waals surface area contributed by atoms with Crippen molar-refractivity contribution in [2.45, 2.75) is 78.6 Å². The number of nitrogens with zero attached hydrogens (tertiary/aromatic N) is 1. The van der Waals surface area contributed by atoms with Crippen molar-refractivity contribution < 1.29 is 0 Å². The summed E-state index contributed by atoms with van der Waals surface area (Å²) in [5.74, 6) is 0. The van der Waals surface area contributed by atoms with Crippen LogP contribution in [0.4, 0.5) is 0 Å². The lowest BCUT2D eigenvalue weighted by Crippen LogP contribution is -1.83. The second-order valence-corrected chi connectivity index (χ2v) is 4.39. The van der Waals surface area contributed by atoms with Gasteiger partial charge in [-0.2, -0.15) is 0 Å². The molecule has 0 rings (SSSR count). The largest absolute Gasteiger partial charge is 0.266 e. The lowest BCUT2D eigenvalue weighted by molar-refractivity contribution is 0.574. The molecule has 0 aliphatic heterocycles. The molecule has 1 heteroatoms. The zero-order chi connectivity index (χ0) is 12.1. The van der Waals surface area contributed by atoms with Crippen LogP contribution in [0.3, 0.4) is 0 Å². The first-order valence-electron chi connectivity index (χ1n) is 6.99. The van der Waals surface area contributed by atoms with Crippen molar-refractivity contribution in [2.75, 3.05) is 0 Å². The molecule has 0 radical (unpaired) electrons. The smallest absolute Gasteiger partial charge is 0.0356 e. The van der Waals surface area contributed by atoms with Gasteiger partial charge in [-0.15, -0.1) is 0 Å². The Morgan fingerprint density at radius 1 is 0.875 bits per heavy atom. The minimum atomic E-state index is 1.15. The normalized spacial score (nSPS) is 12.6. The first-order valence-corrected chi connectivity index (χ1v) is 6.99. The molecule has 94 valence electrons. The second-order valence-electron chi connectivity index (χ2n) is 4.39. The van der Waals surface area contributed by atoms with Gasteiger partial charge in [0.05, 0.1) is 0 Å². The summed E-state index contributed by atoms with van der Waals surface area (Å²) in [4.78, 5) is 4.34. The van der Waals surface area contributed by atoms with Crippen LogP contribution in [0.15, 0.2) is 16.8 Å². The lowest BCUT2D eigenvalue weighted by atomic mass is 10.1. The van der Waals surface area contributed by atoms with E-state index in [2.05, 4.69) is 24.9 Å². The van der Waals surface area contributed by atoms with Gasteiger partial charge in [0.2, 0.25) is 0 Å². The molecule has 0 saturated heterocycles. The molecule has 0 aromatic carbocycles. The Labute approximate surface area is 102 Å². The molecule has 0 spiro atoms. The van der Waals surface area contributed by atoms with E-state index in [0.717, 1.165) is 6.42 Å². The summed E-state index contributed by atoms with van der Waals surface area (Å²) >= 11 is 0. The summed E-state index contributed by atoms with van der Waals surface area (Å²) < 4.78 is 0. The van der Waals surface area contributed by atoms with Crippen molar-refractivity contribution in [3.8, 4) is 0 Å². The van der Waals surface area contributed by atoms with E-state index in [1.165, 1.54) is 57.1 Å². The highest BCUT2D eigenvalue weighted by Gasteiger charge is 1.94. The first kappa shape index (κ1) is 15.4. The van der Waals surface area contributed by atoms with E-state index < -0.39 is 0 Å². The van der Waals surface area contributed by atoms with Crippen LogP contribution >= 0.6 is 0 Å². The molecule has 0 fully saturated rings. The van der Waals surface area contributed by atoms with Gasteiger partial charge in [-0.05, 0) is 26.7 Å². The third-order valence-electron chi connectivity index (χ3n) is 2.91. The molecular weight excluding hydrogens is 194 g/mol. The van der Waals surface area contributed by atoms with E-state index in [1.807, 2.05) is 13.1 Å². The zero-order valence-corrected chi connectivity index (χ0v) is 11.5. The number of allylic oxidation sites excluding steroid dienone is 2. The second kappa shape index (κ2) is 12.5. The number of aliphatic imine (C=N–C) groups is 1. The highest BCUT2D eigenvalue weighted by Crippen LogP contribution is 2.13. The van der Waals surface area contributed by atoms with Gasteiger partial charge in [-0.25, -0.2) is 0 Å². The number of unbranched alkanes of at least 4 members (excludes halogenated alkanes) is 7. The van der Waals surface area contributed by atoms with Crippen LogP contribution in [0.1, 0.15) is 78.6 Å². The summed E-state index contributed by atoms with van der Waals surface area (Å²) in [6, 6.07) is 0. The summed E-state index contributed by atoms with van der Waals surface area (Å²) in [7, 11) is 0. The van der Waals surface area contributed by atoms with Gasteiger partial charge >= 0.3 is 0 Å². The predicted molar refractivity (Wildman–Crippen MR) is 75.2 cm³/mol. The topological polar surface area (TPSA) is 12.4 Å². The van der Waals surface area contributed by atoms with Crippen LogP contribution in [-0.4, -0.2) is 6.21 Å². The van der Waals surface area contributed by atoms with Crippen LogP contribution in [0, 0.1) is 0 Å². The fourth-order valence-electron chi connectivity index (χ4n) is 1.89. The van der Waals surface area contributed by atoms with Gasteiger partial charge in [0.1, 0.15) is 0 Å². The SMILES string of the molecule is C/C=N\C(=C\C)CCCCCCCCCC. The summed E-state index contributed by atoms with van der Waals surface area (Å²) in [6.45, 7) is 6.33. The molecular formula is C15H29N. The Morgan fingerprint density at radius 3 is 1.94 bits per heavy atom. The average molecular weight is 223 g/mol. The molecule has 0 aromatic heterocycles. The first-order chi connectivity index (χ1) is 7.85. The minimum Gasteiger partial charge on any atom is -0.266 e. The summed E-state index contributed by atoms with van der Waals surface area (Å²) in [5.41, 5.74) is 1.24. The molecule has 1 nitrogen and oxygen atoms in total. The standard InChI is InChI=1S/C15H29N/c1-4-7-8-9-10-11-12-13-14-15(5-2)16-6-3/h5-6H,4,7-14H2,1-3H3/b15-5+,16-6-. The zero-order valence-electron chi connectivity index (χ0n) is 11.5. The van der Waals surface area contributed by atoms with Crippen LogP contribution in [0.25, 0.3) is 0 Å². The van der Waals surface area contributed by atoms with E-state index in [4.69, 9.17) is 0 Å². The molecule has 16 heavy (non-hydrogen) atoms. The van der Waals surface area contributed by atoms with Crippen LogP contribution in [0.2, 0.25) is 0 Å². The van der Waals surface area contributed by atoms with E-state index in [0.29, 0.717) is 0 Å². The van der Waals surface area contributed by atoms with E-state index in [9.17, 15) is 0 Å². The predicted octanol–water partition coefficient (Wildman–Crippen LogP) is 5.51. The molecule has 0 atom stereocenters. The van der Waals surface area contributed by atoms with Crippen molar-refractivity contribution >= 4 is 6.21 Å². The van der Waals surface area contributed by atoms with Gasteiger partial charge in [0.15, 0.2) is 0 Å². The van der Waals surface area contributed by atoms with Crippen LogP contribution in [-0.2, 0) is 0 Å². The van der Waals surface area contributed by atoms with Crippen LogP contribution in [0.5, 0.6) is 0 Å². The van der Waals surface area contributed by atoms with Gasteiger partial charge in [0, 0.05) is 11.9 Å². The minimum absolute atomic E-state index is 1.15. The van der Waals surface area contributed by atoms with Crippen LogP contribution < -0.4 is 0 Å². The maximum atomic E-state index is 4.34. The lowest BCUT2D eigenvalue weighted by Gasteiger charge is -2.02. The third kappa shape index (κ3) is 9.95. The van der Waals surface area contributed by atoms with E-state index >= 15 is 0 Å².